The highest BCUT2D eigenvalue weighted by atomic mass is 16.5. The molecule has 0 bridgehead atoms. The highest BCUT2D eigenvalue weighted by Gasteiger charge is 2.28. The van der Waals surface area contributed by atoms with Gasteiger partial charge in [-0.2, -0.15) is 5.26 Å². The molecule has 7 nitrogen and oxygen atoms in total. The summed E-state index contributed by atoms with van der Waals surface area (Å²) >= 11 is 0. The van der Waals surface area contributed by atoms with Crippen LogP contribution in [0.4, 0.5) is 0 Å². The smallest absolute Gasteiger partial charge is 0.293 e. The van der Waals surface area contributed by atoms with Gasteiger partial charge >= 0.3 is 0 Å². The molecule has 0 radical (unpaired) electrons. The zero-order valence-corrected chi connectivity index (χ0v) is 11.3. The number of aromatic nitrogens is 3. The Bertz CT molecular complexity index is 511. The van der Waals surface area contributed by atoms with E-state index in [1.807, 2.05) is 26.8 Å². The van der Waals surface area contributed by atoms with E-state index < -0.39 is 6.10 Å². The van der Waals surface area contributed by atoms with Gasteiger partial charge in [-0.05, 0) is 0 Å². The van der Waals surface area contributed by atoms with Gasteiger partial charge in [0.15, 0.2) is 6.10 Å². The van der Waals surface area contributed by atoms with E-state index in [9.17, 15) is 4.79 Å². The Hall–Kier alpha value is -1.94. The van der Waals surface area contributed by atoms with Crippen LogP contribution >= 0.6 is 0 Å². The van der Waals surface area contributed by atoms with E-state index in [0.29, 0.717) is 19.0 Å². The fourth-order valence-corrected chi connectivity index (χ4v) is 1.75. The van der Waals surface area contributed by atoms with Crippen LogP contribution in [0.1, 0.15) is 37.2 Å². The molecular formula is C12H17N5O2. The number of amides is 1. The number of hydrogen-bond donors (Lipinski definition) is 1. The number of morpholine rings is 1. The summed E-state index contributed by atoms with van der Waals surface area (Å²) in [6.45, 7) is 7.04. The van der Waals surface area contributed by atoms with Crippen molar-refractivity contribution in [2.45, 2.75) is 32.3 Å². The fourth-order valence-electron chi connectivity index (χ4n) is 1.75. The Morgan fingerprint density at radius 2 is 2.32 bits per heavy atom. The third kappa shape index (κ3) is 2.90. The van der Waals surface area contributed by atoms with Crippen LogP contribution in [0.5, 0.6) is 0 Å². The number of nitriles is 1. The molecule has 0 aliphatic carbocycles. The Labute approximate surface area is 111 Å². The maximum Gasteiger partial charge on any atom is 0.293 e. The summed E-state index contributed by atoms with van der Waals surface area (Å²) in [5, 5.41) is 15.6. The van der Waals surface area contributed by atoms with Crippen molar-refractivity contribution in [3.63, 3.8) is 0 Å². The lowest BCUT2D eigenvalue weighted by atomic mass is 9.96. The zero-order valence-electron chi connectivity index (χ0n) is 11.3. The molecule has 102 valence electrons. The van der Waals surface area contributed by atoms with Crippen LogP contribution in [-0.2, 0) is 10.2 Å². The molecule has 0 spiro atoms. The molecule has 1 N–H and O–H groups in total. The Morgan fingerprint density at radius 3 is 2.89 bits per heavy atom. The minimum atomic E-state index is -0.571. The normalized spacial score (nSPS) is 20.1. The number of ether oxygens (including phenoxy) is 1. The molecule has 1 saturated heterocycles. The van der Waals surface area contributed by atoms with Crippen LogP contribution in [0.3, 0.4) is 0 Å². The molecule has 1 atom stereocenters. The lowest BCUT2D eigenvalue weighted by Gasteiger charge is -2.28. The summed E-state index contributed by atoms with van der Waals surface area (Å²) in [6.07, 6.45) is -0.571. The average molecular weight is 263 g/mol. The summed E-state index contributed by atoms with van der Waals surface area (Å²) in [6, 6.07) is 2.00. The van der Waals surface area contributed by atoms with Crippen molar-refractivity contribution < 1.29 is 9.53 Å². The first kappa shape index (κ1) is 13.5. The highest BCUT2D eigenvalue weighted by molar-refractivity contribution is 5.90. The minimum absolute atomic E-state index is 0.142. The second-order valence-corrected chi connectivity index (χ2v) is 5.50. The highest BCUT2D eigenvalue weighted by Crippen LogP contribution is 2.18. The van der Waals surface area contributed by atoms with Crippen molar-refractivity contribution in [1.29, 1.82) is 5.26 Å². The van der Waals surface area contributed by atoms with Crippen molar-refractivity contribution in [1.82, 2.24) is 20.1 Å². The lowest BCUT2D eigenvalue weighted by Crippen LogP contribution is -2.45. The molecular weight excluding hydrogens is 246 g/mol. The first-order valence-corrected chi connectivity index (χ1v) is 6.15. The average Bonchev–Trinajstić information content (AvgIpc) is 2.87. The van der Waals surface area contributed by atoms with Gasteiger partial charge < -0.3 is 9.64 Å². The van der Waals surface area contributed by atoms with Gasteiger partial charge in [-0.1, -0.05) is 20.8 Å². The summed E-state index contributed by atoms with van der Waals surface area (Å²) in [5.74, 6) is 0.541. The lowest BCUT2D eigenvalue weighted by molar-refractivity contribution is 0.00292. The van der Waals surface area contributed by atoms with E-state index in [1.165, 1.54) is 0 Å². The number of nitrogens with one attached hydrogen (secondary N) is 1. The maximum absolute atomic E-state index is 12.2. The predicted octanol–water partition coefficient (Wildman–Crippen LogP) is 0.467. The van der Waals surface area contributed by atoms with Crippen molar-refractivity contribution >= 4 is 5.91 Å². The maximum atomic E-state index is 12.2. The summed E-state index contributed by atoms with van der Waals surface area (Å²) < 4.78 is 5.20. The van der Waals surface area contributed by atoms with Crippen LogP contribution in [0.2, 0.25) is 0 Å². The van der Waals surface area contributed by atoms with E-state index in [4.69, 9.17) is 10.00 Å². The van der Waals surface area contributed by atoms with Crippen LogP contribution < -0.4 is 0 Å². The molecule has 0 aromatic carbocycles. The quantitative estimate of drug-likeness (QED) is 0.794. The van der Waals surface area contributed by atoms with Gasteiger partial charge in [0, 0.05) is 12.0 Å². The van der Waals surface area contributed by atoms with E-state index in [2.05, 4.69) is 15.2 Å². The number of rotatable bonds is 1. The number of aromatic amines is 1. The zero-order chi connectivity index (χ0) is 14.0. The third-order valence-corrected chi connectivity index (χ3v) is 2.88. The summed E-state index contributed by atoms with van der Waals surface area (Å²) in [5.41, 5.74) is -0.189. The number of carbonyl (C=O) groups is 1. The van der Waals surface area contributed by atoms with Crippen LogP contribution in [0, 0.1) is 11.3 Å². The first-order chi connectivity index (χ1) is 8.91. The standard InChI is InChI=1S/C12H17N5O2/c1-12(2,3)11-14-9(15-16-11)10(18)17-4-5-19-8(6-13)7-17/h8H,4-5,7H2,1-3H3,(H,14,15,16). The van der Waals surface area contributed by atoms with E-state index in [-0.39, 0.29) is 23.7 Å². The van der Waals surface area contributed by atoms with Crippen LogP contribution in [0.15, 0.2) is 0 Å². The van der Waals surface area contributed by atoms with Crippen LogP contribution in [-0.4, -0.2) is 51.8 Å². The molecule has 0 saturated carbocycles. The SMILES string of the molecule is CC(C)(C)c1nc(C(=O)N2CCOC(C#N)C2)n[nH]1. The van der Waals surface area contributed by atoms with Gasteiger partial charge in [0.2, 0.25) is 5.82 Å². The van der Waals surface area contributed by atoms with Crippen molar-refractivity contribution in [3.05, 3.63) is 11.6 Å². The van der Waals surface area contributed by atoms with E-state index in [0.717, 1.165) is 0 Å². The van der Waals surface area contributed by atoms with Crippen molar-refractivity contribution in [2.24, 2.45) is 0 Å². The number of carbonyl (C=O) groups excluding carboxylic acids is 1. The Morgan fingerprint density at radius 1 is 1.58 bits per heavy atom. The first-order valence-electron chi connectivity index (χ1n) is 6.15. The summed E-state index contributed by atoms with van der Waals surface area (Å²) in [4.78, 5) is 18.0. The van der Waals surface area contributed by atoms with Gasteiger partial charge in [-0.3, -0.25) is 9.89 Å². The topological polar surface area (TPSA) is 94.9 Å². The van der Waals surface area contributed by atoms with E-state index >= 15 is 0 Å². The molecule has 2 heterocycles. The van der Waals surface area contributed by atoms with Crippen LogP contribution in [0.25, 0.3) is 0 Å². The van der Waals surface area contributed by atoms with Gasteiger partial charge in [0.05, 0.1) is 19.2 Å². The minimum Gasteiger partial charge on any atom is -0.360 e. The second kappa shape index (κ2) is 4.97. The fraction of sp³-hybridized carbons (Fsp3) is 0.667. The number of H-pyrrole nitrogens is 1. The molecule has 7 heteroatoms. The van der Waals surface area contributed by atoms with Gasteiger partial charge in [-0.15, -0.1) is 5.10 Å². The molecule has 1 aliphatic heterocycles. The van der Waals surface area contributed by atoms with Crippen molar-refractivity contribution in [3.8, 4) is 6.07 Å². The molecule has 1 unspecified atom stereocenters. The molecule has 2 rings (SSSR count). The predicted molar refractivity (Wildman–Crippen MR) is 66.3 cm³/mol. The van der Waals surface area contributed by atoms with E-state index in [1.54, 1.807) is 4.90 Å². The number of nitrogens with zero attached hydrogens (tertiary/aromatic N) is 4. The third-order valence-electron chi connectivity index (χ3n) is 2.88. The molecule has 1 aromatic rings. The number of hydrogen-bond acceptors (Lipinski definition) is 5. The summed E-state index contributed by atoms with van der Waals surface area (Å²) in [7, 11) is 0. The van der Waals surface area contributed by atoms with Gasteiger partial charge in [0.25, 0.3) is 5.91 Å². The molecule has 1 aromatic heterocycles. The Kier molecular flexibility index (Phi) is 3.53. The molecule has 1 amide bonds. The Balaban J connectivity index is 2.12. The second-order valence-electron chi connectivity index (χ2n) is 5.50. The van der Waals surface area contributed by atoms with Gasteiger partial charge in [0.1, 0.15) is 5.82 Å². The largest absolute Gasteiger partial charge is 0.360 e. The molecule has 19 heavy (non-hydrogen) atoms. The molecule has 1 fully saturated rings. The monoisotopic (exact) mass is 263 g/mol. The van der Waals surface area contributed by atoms with Gasteiger partial charge in [-0.25, -0.2) is 4.98 Å². The van der Waals surface area contributed by atoms with Crippen molar-refractivity contribution in [2.75, 3.05) is 19.7 Å². The molecule has 1 aliphatic rings.